The number of rotatable bonds is 1. The van der Waals surface area contributed by atoms with Crippen LogP contribution in [0, 0.1) is 0 Å². The van der Waals surface area contributed by atoms with Crippen LogP contribution in [0.25, 0.3) is 6.08 Å². The Hall–Kier alpha value is -2.75. The van der Waals surface area contributed by atoms with Crippen molar-refractivity contribution in [3.8, 4) is 5.75 Å². The molecule has 1 unspecified atom stereocenters. The predicted octanol–water partition coefficient (Wildman–Crippen LogP) is 3.91. The van der Waals surface area contributed by atoms with Crippen LogP contribution in [-0.2, 0) is 5.41 Å². The van der Waals surface area contributed by atoms with Gasteiger partial charge in [-0.15, -0.1) is 0 Å². The van der Waals surface area contributed by atoms with Crippen molar-refractivity contribution in [1.29, 1.82) is 0 Å². The Kier molecular flexibility index (Phi) is 2.86. The normalized spacial score (nSPS) is 22.9. The zero-order valence-electron chi connectivity index (χ0n) is 13.9. The molecule has 0 radical (unpaired) electrons. The van der Waals surface area contributed by atoms with E-state index in [-0.39, 0.29) is 11.0 Å². The average Bonchev–Trinajstić information content (AvgIpc) is 2.74. The summed E-state index contributed by atoms with van der Waals surface area (Å²) >= 11 is 0. The molecule has 2 aliphatic rings. The van der Waals surface area contributed by atoms with E-state index in [0.717, 1.165) is 11.3 Å². The molecule has 0 aromatic heterocycles. The number of ether oxygens (including phenoxy) is 1. The van der Waals surface area contributed by atoms with E-state index >= 15 is 0 Å². The molecule has 1 spiro atoms. The molecule has 0 bridgehead atoms. The Morgan fingerprint density at radius 2 is 1.88 bits per heavy atom. The van der Waals surface area contributed by atoms with Crippen LogP contribution in [0.1, 0.15) is 35.3 Å². The van der Waals surface area contributed by atoms with E-state index in [4.69, 9.17) is 4.74 Å². The van der Waals surface area contributed by atoms with Crippen molar-refractivity contribution in [2.45, 2.75) is 25.0 Å². The summed E-state index contributed by atoms with van der Waals surface area (Å²) in [5.74, 6) is -0.548. The van der Waals surface area contributed by atoms with Crippen molar-refractivity contribution < 1.29 is 14.6 Å². The monoisotopic (exact) mass is 321 g/mol. The van der Waals surface area contributed by atoms with E-state index in [9.17, 15) is 9.90 Å². The summed E-state index contributed by atoms with van der Waals surface area (Å²) in [7, 11) is 1.99. The van der Waals surface area contributed by atoms with Gasteiger partial charge in [0.05, 0.1) is 5.41 Å². The minimum Gasteiger partial charge on any atom is -0.478 e. The third-order valence-corrected chi connectivity index (χ3v) is 5.35. The highest BCUT2D eigenvalue weighted by molar-refractivity contribution is 5.93. The standard InChI is InChI=1S/C20H19NO3/c1-19(2)15-9-4-5-10-16(15)21(3)20(19)12-11-13-7-6-8-14(18(22)23)17(13)24-20/h4-12H,1-3H3,(H,22,23). The maximum atomic E-state index is 11.6. The number of anilines is 1. The van der Waals surface area contributed by atoms with E-state index in [1.165, 1.54) is 5.56 Å². The number of nitrogens with zero attached hydrogens (tertiary/aromatic N) is 1. The van der Waals surface area contributed by atoms with E-state index in [1.54, 1.807) is 12.1 Å². The summed E-state index contributed by atoms with van der Waals surface area (Å²) in [6, 6.07) is 13.4. The Morgan fingerprint density at radius 3 is 2.58 bits per heavy atom. The first-order chi connectivity index (χ1) is 11.4. The van der Waals surface area contributed by atoms with Gasteiger partial charge in [-0.1, -0.05) is 30.3 Å². The highest BCUT2D eigenvalue weighted by atomic mass is 16.5. The number of carboxylic acids is 1. The summed E-state index contributed by atoms with van der Waals surface area (Å²) in [5.41, 5.74) is 2.18. The molecule has 4 heteroatoms. The third-order valence-electron chi connectivity index (χ3n) is 5.35. The Bertz CT molecular complexity index is 884. The van der Waals surface area contributed by atoms with Gasteiger partial charge in [-0.3, -0.25) is 0 Å². The molecule has 2 aromatic rings. The molecule has 0 fully saturated rings. The summed E-state index contributed by atoms with van der Waals surface area (Å²) in [4.78, 5) is 13.7. The van der Waals surface area contributed by atoms with Gasteiger partial charge < -0.3 is 14.7 Å². The molecule has 0 aliphatic carbocycles. The largest absolute Gasteiger partial charge is 0.478 e. The number of benzene rings is 2. The first kappa shape index (κ1) is 14.8. The number of carboxylic acid groups (broad SMARTS) is 1. The first-order valence-corrected chi connectivity index (χ1v) is 7.96. The smallest absolute Gasteiger partial charge is 0.339 e. The van der Waals surface area contributed by atoms with Crippen LogP contribution < -0.4 is 9.64 Å². The van der Waals surface area contributed by atoms with Crippen molar-refractivity contribution >= 4 is 17.7 Å². The highest BCUT2D eigenvalue weighted by Gasteiger charge is 2.57. The van der Waals surface area contributed by atoms with E-state index < -0.39 is 11.7 Å². The van der Waals surface area contributed by atoms with Crippen LogP contribution in [0.2, 0.25) is 0 Å². The molecule has 4 rings (SSSR count). The molecule has 1 N–H and O–H groups in total. The van der Waals surface area contributed by atoms with Crippen molar-refractivity contribution in [2.75, 3.05) is 11.9 Å². The molecule has 0 saturated carbocycles. The van der Waals surface area contributed by atoms with Crippen LogP contribution in [0.15, 0.2) is 48.5 Å². The lowest BCUT2D eigenvalue weighted by atomic mass is 9.76. The lowest BCUT2D eigenvalue weighted by molar-refractivity contribution is 0.0527. The Balaban J connectivity index is 1.92. The second-order valence-electron chi connectivity index (χ2n) is 6.86. The van der Waals surface area contributed by atoms with Crippen LogP contribution in [-0.4, -0.2) is 23.8 Å². The second-order valence-corrected chi connectivity index (χ2v) is 6.86. The van der Waals surface area contributed by atoms with Crippen molar-refractivity contribution in [1.82, 2.24) is 0 Å². The molecule has 4 nitrogen and oxygen atoms in total. The third kappa shape index (κ3) is 1.65. The summed E-state index contributed by atoms with van der Waals surface area (Å²) in [5, 5.41) is 9.52. The summed E-state index contributed by atoms with van der Waals surface area (Å²) < 4.78 is 6.44. The Morgan fingerprint density at radius 1 is 1.12 bits per heavy atom. The number of hydrogen-bond donors (Lipinski definition) is 1. The topological polar surface area (TPSA) is 49.8 Å². The molecule has 122 valence electrons. The number of hydrogen-bond acceptors (Lipinski definition) is 3. The summed E-state index contributed by atoms with van der Waals surface area (Å²) in [6.45, 7) is 4.27. The molecule has 1 atom stereocenters. The van der Waals surface area contributed by atoms with E-state index in [2.05, 4.69) is 30.9 Å². The van der Waals surface area contributed by atoms with Gasteiger partial charge in [0.15, 0.2) is 0 Å². The molecular weight excluding hydrogens is 302 g/mol. The minimum absolute atomic E-state index is 0.191. The number of fused-ring (bicyclic) bond motifs is 2. The fourth-order valence-corrected chi connectivity index (χ4v) is 3.96. The molecular formula is C20H19NO3. The van der Waals surface area contributed by atoms with E-state index in [1.807, 2.05) is 37.4 Å². The van der Waals surface area contributed by atoms with Gasteiger partial charge in [0, 0.05) is 18.3 Å². The Labute approximate surface area is 141 Å². The fraction of sp³-hybridized carbons (Fsp3) is 0.250. The van der Waals surface area contributed by atoms with Crippen molar-refractivity contribution in [3.63, 3.8) is 0 Å². The van der Waals surface area contributed by atoms with Gasteiger partial charge in [0.2, 0.25) is 5.72 Å². The van der Waals surface area contributed by atoms with Gasteiger partial charge in [-0.25, -0.2) is 4.79 Å². The minimum atomic E-state index is -0.978. The van der Waals surface area contributed by atoms with Gasteiger partial charge in [0.25, 0.3) is 0 Å². The number of para-hydroxylation sites is 2. The zero-order valence-corrected chi connectivity index (χ0v) is 13.9. The molecule has 2 aromatic carbocycles. The lowest BCUT2D eigenvalue weighted by Gasteiger charge is -2.46. The van der Waals surface area contributed by atoms with Gasteiger partial charge in [0.1, 0.15) is 11.3 Å². The molecule has 2 aliphatic heterocycles. The second kappa shape index (κ2) is 4.63. The van der Waals surface area contributed by atoms with Gasteiger partial charge in [-0.05, 0) is 43.7 Å². The average molecular weight is 321 g/mol. The van der Waals surface area contributed by atoms with Gasteiger partial charge in [-0.2, -0.15) is 0 Å². The molecule has 24 heavy (non-hydrogen) atoms. The zero-order chi connectivity index (χ0) is 17.1. The maximum absolute atomic E-state index is 11.6. The van der Waals surface area contributed by atoms with Crippen molar-refractivity contribution in [3.05, 3.63) is 65.2 Å². The van der Waals surface area contributed by atoms with Crippen LogP contribution >= 0.6 is 0 Å². The van der Waals surface area contributed by atoms with Crippen LogP contribution in [0.5, 0.6) is 5.75 Å². The SMILES string of the molecule is CN1c2ccccc2C(C)(C)C12C=Cc1cccc(C(=O)O)c1O2. The molecule has 2 heterocycles. The first-order valence-electron chi connectivity index (χ1n) is 7.96. The van der Waals surface area contributed by atoms with Gasteiger partial charge >= 0.3 is 5.97 Å². The lowest BCUT2D eigenvalue weighted by Crippen LogP contribution is -2.58. The van der Waals surface area contributed by atoms with Crippen molar-refractivity contribution in [2.24, 2.45) is 0 Å². The molecule has 0 amide bonds. The fourth-order valence-electron chi connectivity index (χ4n) is 3.96. The highest BCUT2D eigenvalue weighted by Crippen LogP contribution is 2.54. The van der Waals surface area contributed by atoms with E-state index in [0.29, 0.717) is 5.75 Å². The predicted molar refractivity (Wildman–Crippen MR) is 93.7 cm³/mol. The number of carbonyl (C=O) groups is 1. The number of likely N-dealkylation sites (N-methyl/N-ethyl adjacent to an activating group) is 1. The maximum Gasteiger partial charge on any atom is 0.339 e. The summed E-state index contributed by atoms with van der Waals surface area (Å²) in [6.07, 6.45) is 4.01. The number of aromatic carboxylic acids is 1. The van der Waals surface area contributed by atoms with Crippen LogP contribution in [0.4, 0.5) is 5.69 Å². The molecule has 0 saturated heterocycles. The van der Waals surface area contributed by atoms with Crippen LogP contribution in [0.3, 0.4) is 0 Å². The quantitative estimate of drug-likeness (QED) is 0.865.